The van der Waals surface area contributed by atoms with Crippen LogP contribution in [0, 0.1) is 5.92 Å². The van der Waals surface area contributed by atoms with E-state index in [-0.39, 0.29) is 29.6 Å². The van der Waals surface area contributed by atoms with E-state index in [0.717, 1.165) is 12.8 Å². The molecule has 2 aliphatic heterocycles. The SMILES string of the molecule is CNC(=O)c1ccc(N2C3CCC2C(C(=O)O)C3)nn1. The highest BCUT2D eigenvalue weighted by atomic mass is 16.4. The fraction of sp³-hybridized carbons (Fsp3) is 0.538. The Morgan fingerprint density at radius 2 is 2.15 bits per heavy atom. The number of carbonyl (C=O) groups is 2. The molecule has 0 aliphatic carbocycles. The molecule has 106 valence electrons. The van der Waals surface area contributed by atoms with Crippen LogP contribution in [-0.4, -0.2) is 46.3 Å². The monoisotopic (exact) mass is 276 g/mol. The number of hydrogen-bond donors (Lipinski definition) is 2. The molecule has 0 aromatic carbocycles. The topological polar surface area (TPSA) is 95.4 Å². The second kappa shape index (κ2) is 4.73. The van der Waals surface area contributed by atoms with E-state index in [4.69, 9.17) is 0 Å². The minimum absolute atomic E-state index is 0.00217. The fourth-order valence-corrected chi connectivity index (χ4v) is 3.32. The van der Waals surface area contributed by atoms with Gasteiger partial charge in [0.1, 0.15) is 0 Å². The lowest BCUT2D eigenvalue weighted by atomic mass is 9.89. The van der Waals surface area contributed by atoms with Crippen molar-refractivity contribution in [3.05, 3.63) is 17.8 Å². The van der Waals surface area contributed by atoms with Crippen molar-refractivity contribution in [3.63, 3.8) is 0 Å². The van der Waals surface area contributed by atoms with Crippen LogP contribution in [-0.2, 0) is 4.79 Å². The van der Waals surface area contributed by atoms with E-state index in [0.29, 0.717) is 12.2 Å². The number of hydrogen-bond acceptors (Lipinski definition) is 5. The first-order valence-electron chi connectivity index (χ1n) is 6.68. The zero-order chi connectivity index (χ0) is 14.3. The molecule has 20 heavy (non-hydrogen) atoms. The number of nitrogens with zero attached hydrogens (tertiary/aromatic N) is 3. The smallest absolute Gasteiger partial charge is 0.308 e. The minimum atomic E-state index is -0.739. The average molecular weight is 276 g/mol. The first kappa shape index (κ1) is 12.8. The van der Waals surface area contributed by atoms with Crippen LogP contribution in [0.1, 0.15) is 29.8 Å². The lowest BCUT2D eigenvalue weighted by Gasteiger charge is -2.23. The molecule has 0 radical (unpaired) electrons. The lowest BCUT2D eigenvalue weighted by molar-refractivity contribution is -0.142. The van der Waals surface area contributed by atoms with E-state index in [1.807, 2.05) is 0 Å². The third kappa shape index (κ3) is 1.90. The first-order chi connectivity index (χ1) is 9.61. The molecule has 3 unspecified atom stereocenters. The second-order valence-electron chi connectivity index (χ2n) is 5.24. The van der Waals surface area contributed by atoms with E-state index in [2.05, 4.69) is 20.4 Å². The molecular formula is C13H16N4O3. The van der Waals surface area contributed by atoms with Gasteiger partial charge in [-0.25, -0.2) is 0 Å². The van der Waals surface area contributed by atoms with E-state index < -0.39 is 5.97 Å². The van der Waals surface area contributed by atoms with Gasteiger partial charge in [-0.2, -0.15) is 0 Å². The zero-order valence-corrected chi connectivity index (χ0v) is 11.1. The van der Waals surface area contributed by atoms with Crippen molar-refractivity contribution < 1.29 is 14.7 Å². The Labute approximate surface area is 116 Å². The number of carboxylic acid groups (broad SMARTS) is 1. The van der Waals surface area contributed by atoms with Gasteiger partial charge in [0.2, 0.25) is 0 Å². The summed E-state index contributed by atoms with van der Waals surface area (Å²) in [6.07, 6.45) is 2.53. The van der Waals surface area contributed by atoms with Crippen molar-refractivity contribution >= 4 is 17.7 Å². The van der Waals surface area contributed by atoms with Gasteiger partial charge in [0, 0.05) is 19.1 Å². The Morgan fingerprint density at radius 1 is 1.35 bits per heavy atom. The lowest BCUT2D eigenvalue weighted by Crippen LogP contribution is -2.33. The summed E-state index contributed by atoms with van der Waals surface area (Å²) in [5, 5.41) is 19.7. The van der Waals surface area contributed by atoms with Crippen molar-refractivity contribution in [3.8, 4) is 0 Å². The Morgan fingerprint density at radius 3 is 2.70 bits per heavy atom. The van der Waals surface area contributed by atoms with E-state index in [1.165, 1.54) is 7.05 Å². The third-order valence-electron chi connectivity index (χ3n) is 4.23. The molecule has 1 aromatic rings. The summed E-state index contributed by atoms with van der Waals surface area (Å²) >= 11 is 0. The number of carbonyl (C=O) groups excluding carboxylic acids is 1. The van der Waals surface area contributed by atoms with E-state index in [1.54, 1.807) is 12.1 Å². The Kier molecular flexibility index (Phi) is 3.04. The highest BCUT2D eigenvalue weighted by Crippen LogP contribution is 2.43. The van der Waals surface area contributed by atoms with Gasteiger partial charge in [0.15, 0.2) is 11.5 Å². The van der Waals surface area contributed by atoms with Crippen molar-refractivity contribution in [2.75, 3.05) is 11.9 Å². The molecule has 0 spiro atoms. The number of carboxylic acids is 1. The summed E-state index contributed by atoms with van der Waals surface area (Å²) < 4.78 is 0. The van der Waals surface area contributed by atoms with Crippen LogP contribution in [0.25, 0.3) is 0 Å². The maximum Gasteiger partial charge on any atom is 0.308 e. The molecule has 3 heterocycles. The summed E-state index contributed by atoms with van der Waals surface area (Å²) in [6, 6.07) is 3.58. The van der Waals surface area contributed by atoms with Gasteiger partial charge in [-0.15, -0.1) is 10.2 Å². The molecular weight excluding hydrogens is 260 g/mol. The van der Waals surface area contributed by atoms with Crippen molar-refractivity contribution in [2.45, 2.75) is 31.3 Å². The van der Waals surface area contributed by atoms with Crippen molar-refractivity contribution in [2.24, 2.45) is 5.92 Å². The van der Waals surface area contributed by atoms with Crippen LogP contribution >= 0.6 is 0 Å². The maximum atomic E-state index is 11.4. The van der Waals surface area contributed by atoms with Crippen LogP contribution in [0.4, 0.5) is 5.82 Å². The molecule has 2 aliphatic rings. The quantitative estimate of drug-likeness (QED) is 0.823. The molecule has 3 rings (SSSR count). The van der Waals surface area contributed by atoms with Crippen LogP contribution < -0.4 is 10.2 Å². The Hall–Kier alpha value is -2.18. The number of fused-ring (bicyclic) bond motifs is 2. The number of nitrogens with one attached hydrogen (secondary N) is 1. The minimum Gasteiger partial charge on any atom is -0.481 e. The molecule has 7 nitrogen and oxygen atoms in total. The molecule has 7 heteroatoms. The first-order valence-corrected chi connectivity index (χ1v) is 6.68. The normalized spacial score (nSPS) is 27.6. The second-order valence-corrected chi connectivity index (χ2v) is 5.24. The van der Waals surface area contributed by atoms with Gasteiger partial charge in [-0.1, -0.05) is 0 Å². The van der Waals surface area contributed by atoms with Crippen molar-refractivity contribution in [1.29, 1.82) is 0 Å². The Balaban J connectivity index is 1.83. The van der Waals surface area contributed by atoms with Gasteiger partial charge in [0.05, 0.1) is 5.92 Å². The van der Waals surface area contributed by atoms with Gasteiger partial charge in [-0.3, -0.25) is 9.59 Å². The summed E-state index contributed by atoms with van der Waals surface area (Å²) in [7, 11) is 1.54. The molecule has 2 fully saturated rings. The maximum absolute atomic E-state index is 11.4. The Bertz CT molecular complexity index is 545. The van der Waals surface area contributed by atoms with E-state index in [9.17, 15) is 14.7 Å². The predicted molar refractivity (Wildman–Crippen MR) is 70.5 cm³/mol. The van der Waals surface area contributed by atoms with Gasteiger partial charge < -0.3 is 15.3 Å². The molecule has 1 amide bonds. The van der Waals surface area contributed by atoms with E-state index >= 15 is 0 Å². The number of aromatic nitrogens is 2. The molecule has 0 saturated carbocycles. The van der Waals surface area contributed by atoms with Gasteiger partial charge >= 0.3 is 5.97 Å². The highest BCUT2D eigenvalue weighted by Gasteiger charge is 2.49. The molecule has 2 N–H and O–H groups in total. The number of aliphatic carboxylic acids is 1. The van der Waals surface area contributed by atoms with Gasteiger partial charge in [-0.05, 0) is 31.4 Å². The molecule has 3 atom stereocenters. The number of rotatable bonds is 3. The summed E-state index contributed by atoms with van der Waals surface area (Å²) in [4.78, 5) is 24.7. The summed E-state index contributed by atoms with van der Waals surface area (Å²) in [6.45, 7) is 0. The third-order valence-corrected chi connectivity index (χ3v) is 4.23. The fourth-order valence-electron chi connectivity index (χ4n) is 3.32. The molecule has 2 saturated heterocycles. The largest absolute Gasteiger partial charge is 0.481 e. The molecule has 2 bridgehead atoms. The van der Waals surface area contributed by atoms with Crippen LogP contribution in [0.2, 0.25) is 0 Å². The summed E-state index contributed by atoms with van der Waals surface area (Å²) in [5.41, 5.74) is 0.262. The number of anilines is 1. The average Bonchev–Trinajstić information content (AvgIpc) is 3.04. The van der Waals surface area contributed by atoms with Crippen LogP contribution in [0.3, 0.4) is 0 Å². The summed E-state index contributed by atoms with van der Waals surface area (Å²) in [5.74, 6) is -0.683. The van der Waals surface area contributed by atoms with Gasteiger partial charge in [0.25, 0.3) is 5.91 Å². The predicted octanol–water partition coefficient (Wildman–Crippen LogP) is 0.278. The molecule has 1 aromatic heterocycles. The number of amides is 1. The standard InChI is InChI=1S/C13H16N4O3/c1-14-12(18)9-3-5-11(16-15-9)17-7-2-4-10(17)8(6-7)13(19)20/h3,5,7-8,10H,2,4,6H2,1H3,(H,14,18)(H,19,20). The van der Waals surface area contributed by atoms with Crippen LogP contribution in [0.5, 0.6) is 0 Å². The van der Waals surface area contributed by atoms with Crippen LogP contribution in [0.15, 0.2) is 12.1 Å². The zero-order valence-electron chi connectivity index (χ0n) is 11.1. The highest BCUT2D eigenvalue weighted by molar-refractivity contribution is 5.91. The van der Waals surface area contributed by atoms with Crippen molar-refractivity contribution in [1.82, 2.24) is 15.5 Å².